The molecule has 0 spiro atoms. The quantitative estimate of drug-likeness (QED) is 0.884. The van der Waals surface area contributed by atoms with Crippen molar-refractivity contribution in [2.24, 2.45) is 0 Å². The van der Waals surface area contributed by atoms with Crippen molar-refractivity contribution in [3.8, 4) is 5.75 Å². The first-order chi connectivity index (χ1) is 9.24. The number of carbonyl (C=O) groups is 1. The van der Waals surface area contributed by atoms with Crippen LogP contribution in [0.4, 0.5) is 11.4 Å². The molecule has 2 rings (SSSR count). The lowest BCUT2D eigenvalue weighted by molar-refractivity contribution is 0.102. The van der Waals surface area contributed by atoms with Crippen LogP contribution in [0.15, 0.2) is 48.5 Å². The molecule has 0 radical (unpaired) electrons. The molecule has 0 saturated carbocycles. The van der Waals surface area contributed by atoms with Crippen molar-refractivity contribution < 1.29 is 9.53 Å². The van der Waals surface area contributed by atoms with Crippen LogP contribution >= 0.6 is 0 Å². The molecule has 0 heterocycles. The molecule has 0 aliphatic rings. The predicted molar refractivity (Wildman–Crippen MR) is 76.9 cm³/mol. The number of hydrogen-bond donors (Lipinski definition) is 2. The first kappa shape index (κ1) is 13.0. The summed E-state index contributed by atoms with van der Waals surface area (Å²) in [6, 6.07) is 14.6. The zero-order valence-electron chi connectivity index (χ0n) is 10.9. The predicted octanol–water partition coefficient (Wildman–Crippen LogP) is 2.99. The fraction of sp³-hybridized carbons (Fsp3) is 0.133. The molecule has 2 aromatic carbocycles. The van der Waals surface area contributed by atoms with Gasteiger partial charge >= 0.3 is 0 Å². The molecule has 0 bridgehead atoms. The number of carbonyl (C=O) groups excluding carboxylic acids is 1. The normalized spacial score (nSPS) is 9.79. The van der Waals surface area contributed by atoms with E-state index >= 15 is 0 Å². The van der Waals surface area contributed by atoms with Crippen molar-refractivity contribution >= 4 is 17.3 Å². The van der Waals surface area contributed by atoms with E-state index in [9.17, 15) is 4.79 Å². The maximum absolute atomic E-state index is 12.1. The molecule has 4 nitrogen and oxygen atoms in total. The standard InChI is InChI=1S/C15H16N2O2/c1-16-13-9-8-12(19-2)10-14(13)17-15(18)11-6-4-3-5-7-11/h3-10,16H,1-2H3,(H,17,18). The molecule has 98 valence electrons. The summed E-state index contributed by atoms with van der Waals surface area (Å²) in [6.45, 7) is 0. The molecule has 2 N–H and O–H groups in total. The first-order valence-electron chi connectivity index (χ1n) is 5.97. The van der Waals surface area contributed by atoms with E-state index in [1.807, 2.05) is 30.3 Å². The Balaban J connectivity index is 2.25. The van der Waals surface area contributed by atoms with Crippen molar-refractivity contribution in [1.82, 2.24) is 0 Å². The molecule has 2 aromatic rings. The van der Waals surface area contributed by atoms with Crippen molar-refractivity contribution in [3.05, 3.63) is 54.1 Å². The zero-order chi connectivity index (χ0) is 13.7. The molecule has 0 unspecified atom stereocenters. The van der Waals surface area contributed by atoms with Crippen molar-refractivity contribution in [1.29, 1.82) is 0 Å². The Labute approximate surface area is 112 Å². The average molecular weight is 256 g/mol. The van der Waals surface area contributed by atoms with E-state index in [4.69, 9.17) is 4.74 Å². The van der Waals surface area contributed by atoms with Crippen LogP contribution in [0.5, 0.6) is 5.75 Å². The largest absolute Gasteiger partial charge is 0.497 e. The lowest BCUT2D eigenvalue weighted by Gasteiger charge is -2.12. The summed E-state index contributed by atoms with van der Waals surface area (Å²) in [7, 11) is 3.40. The van der Waals surface area contributed by atoms with Crippen LogP contribution in [0.1, 0.15) is 10.4 Å². The van der Waals surface area contributed by atoms with Gasteiger partial charge in [0, 0.05) is 18.7 Å². The van der Waals surface area contributed by atoms with E-state index in [1.54, 1.807) is 32.4 Å². The fourth-order valence-corrected chi connectivity index (χ4v) is 1.76. The topological polar surface area (TPSA) is 50.4 Å². The summed E-state index contributed by atoms with van der Waals surface area (Å²) in [5.41, 5.74) is 2.15. The minimum absolute atomic E-state index is 0.148. The van der Waals surface area contributed by atoms with Gasteiger partial charge < -0.3 is 15.4 Å². The van der Waals surface area contributed by atoms with Gasteiger partial charge in [0.2, 0.25) is 0 Å². The fourth-order valence-electron chi connectivity index (χ4n) is 1.76. The summed E-state index contributed by atoms with van der Waals surface area (Å²) in [4.78, 5) is 12.1. The molecule has 0 saturated heterocycles. The SMILES string of the molecule is CNc1ccc(OC)cc1NC(=O)c1ccccc1. The van der Waals surface area contributed by atoms with Gasteiger partial charge in [-0.25, -0.2) is 0 Å². The average Bonchev–Trinajstić information content (AvgIpc) is 2.48. The van der Waals surface area contributed by atoms with E-state index in [0.29, 0.717) is 17.0 Å². The number of hydrogen-bond acceptors (Lipinski definition) is 3. The van der Waals surface area contributed by atoms with Gasteiger partial charge in [-0.1, -0.05) is 18.2 Å². The zero-order valence-corrected chi connectivity index (χ0v) is 10.9. The van der Waals surface area contributed by atoms with Crippen LogP contribution in [0.2, 0.25) is 0 Å². The van der Waals surface area contributed by atoms with Crippen molar-refractivity contribution in [3.63, 3.8) is 0 Å². The summed E-state index contributed by atoms with van der Waals surface area (Å²) in [5, 5.41) is 5.90. The highest BCUT2D eigenvalue weighted by atomic mass is 16.5. The van der Waals surface area contributed by atoms with Gasteiger partial charge in [-0.2, -0.15) is 0 Å². The summed E-state index contributed by atoms with van der Waals surface area (Å²) >= 11 is 0. The van der Waals surface area contributed by atoms with E-state index in [2.05, 4.69) is 10.6 Å². The summed E-state index contributed by atoms with van der Waals surface area (Å²) in [5.74, 6) is 0.549. The third-order valence-corrected chi connectivity index (χ3v) is 2.78. The van der Waals surface area contributed by atoms with Crippen LogP contribution in [0.3, 0.4) is 0 Å². The molecule has 19 heavy (non-hydrogen) atoms. The van der Waals surface area contributed by atoms with Crippen LogP contribution in [-0.4, -0.2) is 20.1 Å². The van der Waals surface area contributed by atoms with Gasteiger partial charge in [0.25, 0.3) is 5.91 Å². The summed E-state index contributed by atoms with van der Waals surface area (Å²) in [6.07, 6.45) is 0. The lowest BCUT2D eigenvalue weighted by Crippen LogP contribution is -2.13. The Hall–Kier alpha value is -2.49. The summed E-state index contributed by atoms with van der Waals surface area (Å²) < 4.78 is 5.16. The second-order valence-electron chi connectivity index (χ2n) is 3.98. The number of nitrogens with one attached hydrogen (secondary N) is 2. The molecule has 0 aliphatic carbocycles. The smallest absolute Gasteiger partial charge is 0.255 e. The maximum atomic E-state index is 12.1. The van der Waals surface area contributed by atoms with Gasteiger partial charge in [0.1, 0.15) is 5.75 Å². The monoisotopic (exact) mass is 256 g/mol. The Morgan fingerprint density at radius 2 is 1.79 bits per heavy atom. The van der Waals surface area contributed by atoms with Gasteiger partial charge in [0.15, 0.2) is 0 Å². The third-order valence-electron chi connectivity index (χ3n) is 2.78. The number of anilines is 2. The number of methoxy groups -OCH3 is 1. The molecule has 0 aromatic heterocycles. The first-order valence-corrected chi connectivity index (χ1v) is 5.97. The molecule has 0 fully saturated rings. The lowest BCUT2D eigenvalue weighted by atomic mass is 10.2. The highest BCUT2D eigenvalue weighted by Gasteiger charge is 2.09. The minimum atomic E-state index is -0.148. The Bertz CT molecular complexity index is 568. The third kappa shape index (κ3) is 3.04. The second-order valence-corrected chi connectivity index (χ2v) is 3.98. The van der Waals surface area contributed by atoms with E-state index in [1.165, 1.54) is 0 Å². The molecule has 4 heteroatoms. The van der Waals surface area contributed by atoms with Gasteiger partial charge in [-0.05, 0) is 24.3 Å². The van der Waals surface area contributed by atoms with Crippen LogP contribution in [0, 0.1) is 0 Å². The Morgan fingerprint density at radius 1 is 1.05 bits per heavy atom. The molecular formula is C15H16N2O2. The van der Waals surface area contributed by atoms with E-state index < -0.39 is 0 Å². The van der Waals surface area contributed by atoms with Gasteiger partial charge in [0.05, 0.1) is 18.5 Å². The van der Waals surface area contributed by atoms with Crippen molar-refractivity contribution in [2.75, 3.05) is 24.8 Å². The van der Waals surface area contributed by atoms with Gasteiger partial charge in [-0.3, -0.25) is 4.79 Å². The number of benzene rings is 2. The molecule has 1 amide bonds. The highest BCUT2D eigenvalue weighted by Crippen LogP contribution is 2.27. The van der Waals surface area contributed by atoms with Crippen molar-refractivity contribution in [2.45, 2.75) is 0 Å². The van der Waals surface area contributed by atoms with Gasteiger partial charge in [-0.15, -0.1) is 0 Å². The maximum Gasteiger partial charge on any atom is 0.255 e. The Kier molecular flexibility index (Phi) is 4.03. The molecule has 0 atom stereocenters. The number of ether oxygens (including phenoxy) is 1. The number of rotatable bonds is 4. The second kappa shape index (κ2) is 5.91. The minimum Gasteiger partial charge on any atom is -0.497 e. The Morgan fingerprint density at radius 3 is 2.42 bits per heavy atom. The number of amides is 1. The molecular weight excluding hydrogens is 240 g/mol. The van der Waals surface area contributed by atoms with Crippen LogP contribution < -0.4 is 15.4 Å². The van der Waals surface area contributed by atoms with E-state index in [0.717, 1.165) is 5.69 Å². The van der Waals surface area contributed by atoms with E-state index in [-0.39, 0.29) is 5.91 Å². The highest BCUT2D eigenvalue weighted by molar-refractivity contribution is 6.06. The molecule has 0 aliphatic heterocycles. The van der Waals surface area contributed by atoms with Crippen LogP contribution in [-0.2, 0) is 0 Å². The van der Waals surface area contributed by atoms with Crippen LogP contribution in [0.25, 0.3) is 0 Å².